The van der Waals surface area contributed by atoms with E-state index in [-0.39, 0.29) is 0 Å². The predicted octanol–water partition coefficient (Wildman–Crippen LogP) is 3.49. The SMILES string of the molecule is CCCNC(c1cncnc1)C1CCCCCC1. The van der Waals surface area contributed by atoms with E-state index in [0.717, 1.165) is 12.5 Å². The van der Waals surface area contributed by atoms with Crippen molar-refractivity contribution in [2.45, 2.75) is 57.9 Å². The first-order valence-corrected chi connectivity index (χ1v) is 7.40. The highest BCUT2D eigenvalue weighted by Crippen LogP contribution is 2.33. The summed E-state index contributed by atoms with van der Waals surface area (Å²) in [7, 11) is 0. The molecule has 1 heterocycles. The number of hydrogen-bond donors (Lipinski definition) is 1. The van der Waals surface area contributed by atoms with Crippen molar-refractivity contribution in [2.24, 2.45) is 5.92 Å². The highest BCUT2D eigenvalue weighted by atomic mass is 14.9. The average Bonchev–Trinajstić information content (AvgIpc) is 2.70. The maximum Gasteiger partial charge on any atom is 0.115 e. The maximum atomic E-state index is 4.18. The van der Waals surface area contributed by atoms with Gasteiger partial charge in [0.1, 0.15) is 6.33 Å². The molecule has 3 heteroatoms. The molecule has 1 fully saturated rings. The van der Waals surface area contributed by atoms with E-state index in [1.807, 2.05) is 12.4 Å². The minimum atomic E-state index is 0.448. The van der Waals surface area contributed by atoms with E-state index in [1.54, 1.807) is 6.33 Å². The lowest BCUT2D eigenvalue weighted by Crippen LogP contribution is -2.29. The molecule has 18 heavy (non-hydrogen) atoms. The first-order valence-electron chi connectivity index (χ1n) is 7.40. The van der Waals surface area contributed by atoms with Crippen LogP contribution in [0.1, 0.15) is 63.5 Å². The minimum absolute atomic E-state index is 0.448. The zero-order chi connectivity index (χ0) is 12.6. The molecule has 0 amide bonds. The lowest BCUT2D eigenvalue weighted by Gasteiger charge is -2.27. The molecule has 2 rings (SSSR count). The third-order valence-corrected chi connectivity index (χ3v) is 3.93. The Morgan fingerprint density at radius 2 is 1.83 bits per heavy atom. The molecule has 1 aliphatic rings. The maximum absolute atomic E-state index is 4.18. The van der Waals surface area contributed by atoms with Crippen LogP contribution in [0.15, 0.2) is 18.7 Å². The topological polar surface area (TPSA) is 37.8 Å². The van der Waals surface area contributed by atoms with Gasteiger partial charge in [0.25, 0.3) is 0 Å². The Morgan fingerprint density at radius 3 is 2.44 bits per heavy atom. The normalized spacial score (nSPS) is 19.4. The van der Waals surface area contributed by atoms with E-state index < -0.39 is 0 Å². The van der Waals surface area contributed by atoms with Crippen LogP contribution in [0, 0.1) is 5.92 Å². The van der Waals surface area contributed by atoms with Crippen LogP contribution in [0.5, 0.6) is 0 Å². The van der Waals surface area contributed by atoms with E-state index in [1.165, 1.54) is 50.5 Å². The third kappa shape index (κ3) is 3.77. The fourth-order valence-electron chi connectivity index (χ4n) is 2.97. The van der Waals surface area contributed by atoms with Gasteiger partial charge in [0.15, 0.2) is 0 Å². The molecular weight excluding hydrogens is 222 g/mol. The van der Waals surface area contributed by atoms with Crippen LogP contribution in [-0.4, -0.2) is 16.5 Å². The van der Waals surface area contributed by atoms with Crippen molar-refractivity contribution in [3.05, 3.63) is 24.3 Å². The summed E-state index contributed by atoms with van der Waals surface area (Å²) in [6, 6.07) is 0.448. The Kier molecular flexibility index (Phi) is 5.59. The number of nitrogens with one attached hydrogen (secondary N) is 1. The first-order chi connectivity index (χ1) is 8.92. The molecule has 0 saturated heterocycles. The first kappa shape index (κ1) is 13.5. The third-order valence-electron chi connectivity index (χ3n) is 3.93. The highest BCUT2D eigenvalue weighted by molar-refractivity contribution is 5.11. The van der Waals surface area contributed by atoms with E-state index in [2.05, 4.69) is 22.2 Å². The molecule has 1 unspecified atom stereocenters. The molecule has 1 aliphatic carbocycles. The summed E-state index contributed by atoms with van der Waals surface area (Å²) in [4.78, 5) is 8.36. The van der Waals surface area contributed by atoms with Crippen molar-refractivity contribution in [1.82, 2.24) is 15.3 Å². The summed E-state index contributed by atoms with van der Waals surface area (Å²) in [5.41, 5.74) is 1.26. The van der Waals surface area contributed by atoms with Gasteiger partial charge in [-0.1, -0.05) is 32.6 Å². The van der Waals surface area contributed by atoms with E-state index in [4.69, 9.17) is 0 Å². The second-order valence-corrected chi connectivity index (χ2v) is 5.36. The van der Waals surface area contributed by atoms with Crippen molar-refractivity contribution in [2.75, 3.05) is 6.54 Å². The molecule has 0 bridgehead atoms. The van der Waals surface area contributed by atoms with Crippen molar-refractivity contribution in [1.29, 1.82) is 0 Å². The number of aromatic nitrogens is 2. The Labute approximate surface area is 110 Å². The van der Waals surface area contributed by atoms with E-state index in [0.29, 0.717) is 6.04 Å². The molecule has 1 saturated carbocycles. The second kappa shape index (κ2) is 7.47. The summed E-state index contributed by atoms with van der Waals surface area (Å²) in [5, 5.41) is 3.70. The van der Waals surface area contributed by atoms with Gasteiger partial charge in [-0.2, -0.15) is 0 Å². The zero-order valence-electron chi connectivity index (χ0n) is 11.4. The van der Waals surface area contributed by atoms with Gasteiger partial charge in [0.05, 0.1) is 0 Å². The summed E-state index contributed by atoms with van der Waals surface area (Å²) >= 11 is 0. The fourth-order valence-corrected chi connectivity index (χ4v) is 2.97. The van der Waals surface area contributed by atoms with Gasteiger partial charge in [-0.15, -0.1) is 0 Å². The zero-order valence-corrected chi connectivity index (χ0v) is 11.4. The Morgan fingerprint density at radius 1 is 1.17 bits per heavy atom. The summed E-state index contributed by atoms with van der Waals surface area (Å²) in [6.45, 7) is 3.30. The van der Waals surface area contributed by atoms with Gasteiger partial charge in [-0.3, -0.25) is 0 Å². The molecule has 1 aromatic rings. The van der Waals surface area contributed by atoms with Crippen LogP contribution in [0.2, 0.25) is 0 Å². The number of hydrogen-bond acceptors (Lipinski definition) is 3. The number of rotatable bonds is 5. The lowest BCUT2D eigenvalue weighted by atomic mass is 9.88. The molecule has 0 radical (unpaired) electrons. The summed E-state index contributed by atoms with van der Waals surface area (Å²) in [5.74, 6) is 0.755. The largest absolute Gasteiger partial charge is 0.310 e. The molecule has 1 N–H and O–H groups in total. The smallest absolute Gasteiger partial charge is 0.115 e. The molecule has 1 atom stereocenters. The summed E-state index contributed by atoms with van der Waals surface area (Å²) in [6.07, 6.45) is 15.0. The highest BCUT2D eigenvalue weighted by Gasteiger charge is 2.23. The Bertz CT molecular complexity index is 318. The molecule has 0 spiro atoms. The predicted molar refractivity (Wildman–Crippen MR) is 74.3 cm³/mol. The minimum Gasteiger partial charge on any atom is -0.310 e. The van der Waals surface area contributed by atoms with Crippen LogP contribution in [0.4, 0.5) is 0 Å². The summed E-state index contributed by atoms with van der Waals surface area (Å²) < 4.78 is 0. The molecule has 0 aliphatic heterocycles. The van der Waals surface area contributed by atoms with Crippen LogP contribution < -0.4 is 5.32 Å². The second-order valence-electron chi connectivity index (χ2n) is 5.36. The van der Waals surface area contributed by atoms with Gasteiger partial charge in [0, 0.05) is 24.0 Å². The lowest BCUT2D eigenvalue weighted by molar-refractivity contribution is 0.324. The van der Waals surface area contributed by atoms with Gasteiger partial charge in [-0.05, 0) is 31.7 Å². The number of nitrogens with zero attached hydrogens (tertiary/aromatic N) is 2. The molecule has 0 aromatic carbocycles. The molecular formula is C15H25N3. The van der Waals surface area contributed by atoms with E-state index >= 15 is 0 Å². The van der Waals surface area contributed by atoms with Gasteiger partial charge < -0.3 is 5.32 Å². The molecule has 1 aromatic heterocycles. The Balaban J connectivity index is 2.08. The average molecular weight is 247 g/mol. The van der Waals surface area contributed by atoms with Crippen LogP contribution in [0.25, 0.3) is 0 Å². The van der Waals surface area contributed by atoms with Crippen LogP contribution >= 0.6 is 0 Å². The van der Waals surface area contributed by atoms with Crippen molar-refractivity contribution >= 4 is 0 Å². The van der Waals surface area contributed by atoms with Gasteiger partial charge >= 0.3 is 0 Å². The fraction of sp³-hybridized carbons (Fsp3) is 0.733. The standard InChI is InChI=1S/C15H25N3/c1-2-9-18-15(14-10-16-12-17-11-14)13-7-5-3-4-6-8-13/h10-13,15,18H,2-9H2,1H3. The van der Waals surface area contributed by atoms with E-state index in [9.17, 15) is 0 Å². The van der Waals surface area contributed by atoms with Crippen molar-refractivity contribution in [3.63, 3.8) is 0 Å². The van der Waals surface area contributed by atoms with Crippen LogP contribution in [0.3, 0.4) is 0 Å². The molecule has 3 nitrogen and oxygen atoms in total. The van der Waals surface area contributed by atoms with Crippen molar-refractivity contribution in [3.8, 4) is 0 Å². The van der Waals surface area contributed by atoms with Gasteiger partial charge in [0.2, 0.25) is 0 Å². The van der Waals surface area contributed by atoms with Crippen molar-refractivity contribution < 1.29 is 0 Å². The van der Waals surface area contributed by atoms with Crippen LogP contribution in [-0.2, 0) is 0 Å². The molecule has 100 valence electrons. The Hall–Kier alpha value is -0.960. The monoisotopic (exact) mass is 247 g/mol. The van der Waals surface area contributed by atoms with Gasteiger partial charge in [-0.25, -0.2) is 9.97 Å². The quantitative estimate of drug-likeness (QED) is 0.809.